The zero-order valence-electron chi connectivity index (χ0n) is 11.5. The Labute approximate surface area is 123 Å². The van der Waals surface area contributed by atoms with Crippen LogP contribution in [0, 0.1) is 0 Å². The zero-order chi connectivity index (χ0) is 13.2. The molecule has 1 aromatic rings. The molecule has 2 fully saturated rings. The van der Waals surface area contributed by atoms with E-state index in [0.717, 1.165) is 29.3 Å². The molecule has 0 spiro atoms. The Morgan fingerprint density at radius 3 is 2.42 bits per heavy atom. The van der Waals surface area contributed by atoms with Crippen LogP contribution in [0.15, 0.2) is 4.47 Å². The molecule has 1 aliphatic heterocycles. The molecule has 1 saturated heterocycles. The Balaban J connectivity index is 1.98. The summed E-state index contributed by atoms with van der Waals surface area (Å²) >= 11 is 3.69. The van der Waals surface area contributed by atoms with E-state index in [-0.39, 0.29) is 0 Å². The predicted octanol–water partition coefficient (Wildman–Crippen LogP) is 3.54. The lowest BCUT2D eigenvalue weighted by atomic mass is 10.0. The summed E-state index contributed by atoms with van der Waals surface area (Å²) < 4.78 is 1.06. The minimum absolute atomic E-state index is 0.603. The highest BCUT2D eigenvalue weighted by Gasteiger charge is 2.25. The number of halogens is 1. The van der Waals surface area contributed by atoms with Crippen molar-refractivity contribution in [2.45, 2.75) is 44.4 Å². The van der Waals surface area contributed by atoms with Crippen molar-refractivity contribution >= 4 is 27.7 Å². The summed E-state index contributed by atoms with van der Waals surface area (Å²) in [6.07, 6.45) is 7.70. The van der Waals surface area contributed by atoms with Crippen LogP contribution < -0.4 is 10.2 Å². The van der Waals surface area contributed by atoms with E-state index in [1.54, 1.807) is 0 Å². The molecular formula is C14H21BrN4. The van der Waals surface area contributed by atoms with Gasteiger partial charge in [-0.2, -0.15) is 4.98 Å². The Bertz CT molecular complexity index is 451. The van der Waals surface area contributed by atoms with E-state index in [2.05, 4.69) is 31.1 Å². The highest BCUT2D eigenvalue weighted by atomic mass is 79.9. The second-order valence-electron chi connectivity index (χ2n) is 5.50. The van der Waals surface area contributed by atoms with Crippen molar-refractivity contribution in [3.8, 4) is 0 Å². The molecule has 0 radical (unpaired) electrons. The predicted molar refractivity (Wildman–Crippen MR) is 81.9 cm³/mol. The largest absolute Gasteiger partial charge is 0.372 e. The Kier molecular flexibility index (Phi) is 3.91. The molecule has 1 aliphatic carbocycles. The van der Waals surface area contributed by atoms with Crippen molar-refractivity contribution in [2.24, 2.45) is 0 Å². The maximum absolute atomic E-state index is 4.87. The molecule has 2 heterocycles. The second kappa shape index (κ2) is 5.65. The first-order chi connectivity index (χ1) is 9.29. The normalized spacial score (nSPS) is 20.2. The summed E-state index contributed by atoms with van der Waals surface area (Å²) in [5, 5.41) is 3.20. The summed E-state index contributed by atoms with van der Waals surface area (Å²) in [6, 6.07) is 0. The topological polar surface area (TPSA) is 41.1 Å². The molecule has 3 rings (SSSR count). The second-order valence-corrected chi connectivity index (χ2v) is 6.29. The van der Waals surface area contributed by atoms with Gasteiger partial charge in [0.05, 0.1) is 10.2 Å². The summed E-state index contributed by atoms with van der Waals surface area (Å²) in [7, 11) is 1.93. The summed E-state index contributed by atoms with van der Waals surface area (Å²) in [4.78, 5) is 11.8. The van der Waals surface area contributed by atoms with Crippen LogP contribution in [0.3, 0.4) is 0 Å². The monoisotopic (exact) mass is 324 g/mol. The van der Waals surface area contributed by atoms with Crippen LogP contribution in [0.4, 0.5) is 11.8 Å². The van der Waals surface area contributed by atoms with E-state index < -0.39 is 0 Å². The van der Waals surface area contributed by atoms with Crippen molar-refractivity contribution in [2.75, 3.05) is 30.4 Å². The molecule has 1 saturated carbocycles. The van der Waals surface area contributed by atoms with Crippen LogP contribution in [0.25, 0.3) is 0 Å². The molecule has 0 unspecified atom stereocenters. The number of aromatic nitrogens is 2. The first-order valence-electron chi connectivity index (χ1n) is 7.29. The zero-order valence-corrected chi connectivity index (χ0v) is 13.0. The SMILES string of the molecule is CNc1nc(N2CCCC2)nc(C2CCCC2)c1Br. The van der Waals surface area contributed by atoms with Crippen LogP contribution in [0.5, 0.6) is 0 Å². The maximum atomic E-state index is 4.87. The highest BCUT2D eigenvalue weighted by Crippen LogP contribution is 2.39. The molecule has 0 amide bonds. The number of nitrogens with zero attached hydrogens (tertiary/aromatic N) is 3. The van der Waals surface area contributed by atoms with E-state index in [9.17, 15) is 0 Å². The maximum Gasteiger partial charge on any atom is 0.227 e. The van der Waals surface area contributed by atoms with Gasteiger partial charge in [0.2, 0.25) is 5.95 Å². The molecule has 1 aromatic heterocycles. The molecule has 5 heteroatoms. The number of hydrogen-bond acceptors (Lipinski definition) is 4. The van der Waals surface area contributed by atoms with Gasteiger partial charge < -0.3 is 10.2 Å². The van der Waals surface area contributed by atoms with Crippen LogP contribution in [0.2, 0.25) is 0 Å². The number of hydrogen-bond donors (Lipinski definition) is 1. The van der Waals surface area contributed by atoms with Crippen molar-refractivity contribution in [3.05, 3.63) is 10.2 Å². The lowest BCUT2D eigenvalue weighted by Crippen LogP contribution is -2.22. The van der Waals surface area contributed by atoms with Crippen LogP contribution in [0.1, 0.15) is 50.1 Å². The summed E-state index contributed by atoms with van der Waals surface area (Å²) in [5.41, 5.74) is 1.21. The lowest BCUT2D eigenvalue weighted by molar-refractivity contribution is 0.686. The first-order valence-corrected chi connectivity index (χ1v) is 8.09. The molecule has 2 aliphatic rings. The van der Waals surface area contributed by atoms with Gasteiger partial charge in [-0.25, -0.2) is 4.98 Å². The Morgan fingerprint density at radius 1 is 1.11 bits per heavy atom. The van der Waals surface area contributed by atoms with Gasteiger partial charge in [0.1, 0.15) is 5.82 Å². The smallest absolute Gasteiger partial charge is 0.227 e. The molecule has 0 bridgehead atoms. The molecule has 4 nitrogen and oxygen atoms in total. The number of rotatable bonds is 3. The Morgan fingerprint density at radius 2 is 1.79 bits per heavy atom. The van der Waals surface area contributed by atoms with Gasteiger partial charge >= 0.3 is 0 Å². The molecular weight excluding hydrogens is 304 g/mol. The van der Waals surface area contributed by atoms with E-state index >= 15 is 0 Å². The molecule has 19 heavy (non-hydrogen) atoms. The van der Waals surface area contributed by atoms with Gasteiger partial charge in [-0.3, -0.25) is 0 Å². The molecule has 104 valence electrons. The van der Waals surface area contributed by atoms with Crippen molar-refractivity contribution in [1.82, 2.24) is 9.97 Å². The van der Waals surface area contributed by atoms with Gasteiger partial charge in [0.25, 0.3) is 0 Å². The van der Waals surface area contributed by atoms with Crippen molar-refractivity contribution in [1.29, 1.82) is 0 Å². The van der Waals surface area contributed by atoms with Crippen LogP contribution in [-0.2, 0) is 0 Å². The average molecular weight is 325 g/mol. The van der Waals surface area contributed by atoms with Crippen LogP contribution in [-0.4, -0.2) is 30.1 Å². The highest BCUT2D eigenvalue weighted by molar-refractivity contribution is 9.10. The van der Waals surface area contributed by atoms with Gasteiger partial charge in [-0.05, 0) is 41.6 Å². The Hall–Kier alpha value is -0.840. The standard InChI is InChI=1S/C14H21BrN4/c1-16-13-11(15)12(10-6-2-3-7-10)17-14(18-13)19-8-4-5-9-19/h10H,2-9H2,1H3,(H,16,17,18). The summed E-state index contributed by atoms with van der Waals surface area (Å²) in [5.74, 6) is 2.44. The van der Waals surface area contributed by atoms with E-state index in [0.29, 0.717) is 5.92 Å². The lowest BCUT2D eigenvalue weighted by Gasteiger charge is -2.20. The van der Waals surface area contributed by atoms with E-state index in [1.807, 2.05) is 7.05 Å². The first kappa shape index (κ1) is 13.2. The molecule has 1 N–H and O–H groups in total. The van der Waals surface area contributed by atoms with Gasteiger partial charge in [-0.1, -0.05) is 12.8 Å². The number of anilines is 2. The van der Waals surface area contributed by atoms with Gasteiger partial charge in [0.15, 0.2) is 0 Å². The fourth-order valence-electron chi connectivity index (χ4n) is 3.15. The summed E-state index contributed by atoms with van der Waals surface area (Å²) in [6.45, 7) is 2.18. The quantitative estimate of drug-likeness (QED) is 0.923. The third-order valence-corrected chi connectivity index (χ3v) is 5.01. The van der Waals surface area contributed by atoms with E-state index in [1.165, 1.54) is 44.2 Å². The third-order valence-electron chi connectivity index (χ3n) is 4.23. The fraction of sp³-hybridized carbons (Fsp3) is 0.714. The average Bonchev–Trinajstić information content (AvgIpc) is 3.12. The van der Waals surface area contributed by atoms with Crippen LogP contribution >= 0.6 is 15.9 Å². The number of nitrogens with one attached hydrogen (secondary N) is 1. The van der Waals surface area contributed by atoms with Crippen molar-refractivity contribution < 1.29 is 0 Å². The minimum atomic E-state index is 0.603. The molecule has 0 atom stereocenters. The molecule has 0 aromatic carbocycles. The minimum Gasteiger partial charge on any atom is -0.372 e. The fourth-order valence-corrected chi connectivity index (χ4v) is 3.85. The van der Waals surface area contributed by atoms with Crippen molar-refractivity contribution in [3.63, 3.8) is 0 Å². The van der Waals surface area contributed by atoms with Gasteiger partial charge in [0, 0.05) is 26.1 Å². The third kappa shape index (κ3) is 2.57. The van der Waals surface area contributed by atoms with Gasteiger partial charge in [-0.15, -0.1) is 0 Å². The van der Waals surface area contributed by atoms with E-state index in [4.69, 9.17) is 4.98 Å².